The summed E-state index contributed by atoms with van der Waals surface area (Å²) >= 11 is 0. The highest BCUT2D eigenvalue weighted by Crippen LogP contribution is 2.34. The molecule has 2 aromatic carbocycles. The Balaban J connectivity index is 1.82. The normalized spacial score (nSPS) is 17.6. The fourth-order valence-corrected chi connectivity index (χ4v) is 2.59. The van der Waals surface area contributed by atoms with E-state index in [0.29, 0.717) is 6.04 Å². The van der Waals surface area contributed by atoms with Crippen molar-refractivity contribution in [3.63, 3.8) is 0 Å². The van der Waals surface area contributed by atoms with Crippen molar-refractivity contribution in [2.75, 3.05) is 5.32 Å². The van der Waals surface area contributed by atoms with Crippen LogP contribution in [0.3, 0.4) is 0 Å². The van der Waals surface area contributed by atoms with E-state index in [0.717, 1.165) is 24.1 Å². The fourth-order valence-electron chi connectivity index (χ4n) is 2.59. The molecule has 0 aromatic heterocycles. The SMILES string of the molecule is Cc1ccc(NC2CCc3cc(F)ccc32)cc1. The van der Waals surface area contributed by atoms with Crippen molar-refractivity contribution < 1.29 is 4.39 Å². The molecule has 1 N–H and O–H groups in total. The summed E-state index contributed by atoms with van der Waals surface area (Å²) in [4.78, 5) is 0. The molecule has 0 heterocycles. The molecule has 0 fully saturated rings. The first-order valence-corrected chi connectivity index (χ1v) is 6.34. The van der Waals surface area contributed by atoms with Gasteiger partial charge in [-0.15, -0.1) is 0 Å². The zero-order chi connectivity index (χ0) is 12.5. The average Bonchev–Trinajstić information content (AvgIpc) is 2.74. The lowest BCUT2D eigenvalue weighted by atomic mass is 10.1. The Kier molecular flexibility index (Phi) is 2.78. The van der Waals surface area contributed by atoms with Crippen molar-refractivity contribution in [1.82, 2.24) is 0 Å². The number of fused-ring (bicyclic) bond motifs is 1. The minimum atomic E-state index is -0.135. The van der Waals surface area contributed by atoms with Gasteiger partial charge in [0.05, 0.1) is 6.04 Å². The first kappa shape index (κ1) is 11.3. The van der Waals surface area contributed by atoms with Crippen LogP contribution in [0.1, 0.15) is 29.2 Å². The lowest BCUT2D eigenvalue weighted by molar-refractivity contribution is 0.626. The van der Waals surface area contributed by atoms with Crippen molar-refractivity contribution in [2.45, 2.75) is 25.8 Å². The smallest absolute Gasteiger partial charge is 0.123 e. The van der Waals surface area contributed by atoms with Gasteiger partial charge in [0.25, 0.3) is 0 Å². The van der Waals surface area contributed by atoms with E-state index in [2.05, 4.69) is 36.5 Å². The number of halogens is 1. The van der Waals surface area contributed by atoms with Crippen LogP contribution in [0.4, 0.5) is 10.1 Å². The Morgan fingerprint density at radius 2 is 1.89 bits per heavy atom. The second-order valence-corrected chi connectivity index (χ2v) is 4.94. The quantitative estimate of drug-likeness (QED) is 0.829. The van der Waals surface area contributed by atoms with Crippen molar-refractivity contribution in [1.29, 1.82) is 0 Å². The first-order chi connectivity index (χ1) is 8.72. The second kappa shape index (κ2) is 4.45. The monoisotopic (exact) mass is 241 g/mol. The summed E-state index contributed by atoms with van der Waals surface area (Å²) in [5.41, 5.74) is 4.76. The molecule has 0 radical (unpaired) electrons. The summed E-state index contributed by atoms with van der Waals surface area (Å²) in [6, 6.07) is 13.8. The molecular weight excluding hydrogens is 225 g/mol. The minimum absolute atomic E-state index is 0.135. The molecule has 92 valence electrons. The number of aryl methyl sites for hydroxylation is 2. The van der Waals surface area contributed by atoms with E-state index in [-0.39, 0.29) is 5.82 Å². The number of nitrogens with one attached hydrogen (secondary N) is 1. The Labute approximate surface area is 107 Å². The molecule has 1 nitrogen and oxygen atoms in total. The topological polar surface area (TPSA) is 12.0 Å². The summed E-state index contributed by atoms with van der Waals surface area (Å²) in [5.74, 6) is -0.135. The minimum Gasteiger partial charge on any atom is -0.378 e. The predicted octanol–water partition coefficient (Wildman–Crippen LogP) is 4.23. The van der Waals surface area contributed by atoms with Gasteiger partial charge in [0.2, 0.25) is 0 Å². The highest BCUT2D eigenvalue weighted by molar-refractivity contribution is 5.49. The third-order valence-electron chi connectivity index (χ3n) is 3.58. The Morgan fingerprint density at radius 1 is 1.11 bits per heavy atom. The maximum Gasteiger partial charge on any atom is 0.123 e. The van der Waals surface area contributed by atoms with E-state index in [9.17, 15) is 4.39 Å². The highest BCUT2D eigenvalue weighted by atomic mass is 19.1. The molecule has 0 saturated heterocycles. The van der Waals surface area contributed by atoms with Crippen LogP contribution in [0, 0.1) is 12.7 Å². The van der Waals surface area contributed by atoms with E-state index in [4.69, 9.17) is 0 Å². The molecule has 0 bridgehead atoms. The van der Waals surface area contributed by atoms with E-state index in [1.54, 1.807) is 12.1 Å². The van der Waals surface area contributed by atoms with Gasteiger partial charge in [-0.25, -0.2) is 4.39 Å². The molecule has 0 saturated carbocycles. The predicted molar refractivity (Wildman–Crippen MR) is 72.3 cm³/mol. The van der Waals surface area contributed by atoms with Gasteiger partial charge in [0, 0.05) is 5.69 Å². The van der Waals surface area contributed by atoms with Crippen LogP contribution in [0.25, 0.3) is 0 Å². The van der Waals surface area contributed by atoms with E-state index in [1.165, 1.54) is 11.1 Å². The molecule has 3 rings (SSSR count). The first-order valence-electron chi connectivity index (χ1n) is 6.34. The lowest BCUT2D eigenvalue weighted by Gasteiger charge is -2.15. The van der Waals surface area contributed by atoms with E-state index in [1.807, 2.05) is 6.07 Å². The van der Waals surface area contributed by atoms with Gasteiger partial charge < -0.3 is 5.32 Å². The number of anilines is 1. The van der Waals surface area contributed by atoms with Gasteiger partial charge in [-0.2, -0.15) is 0 Å². The zero-order valence-electron chi connectivity index (χ0n) is 10.4. The lowest BCUT2D eigenvalue weighted by Crippen LogP contribution is -2.06. The number of hydrogen-bond acceptors (Lipinski definition) is 1. The van der Waals surface area contributed by atoms with Crippen LogP contribution < -0.4 is 5.32 Å². The molecule has 0 aliphatic heterocycles. The molecule has 2 heteroatoms. The van der Waals surface area contributed by atoms with Crippen LogP contribution in [0.15, 0.2) is 42.5 Å². The van der Waals surface area contributed by atoms with Crippen LogP contribution in [0.2, 0.25) is 0 Å². The number of rotatable bonds is 2. The molecule has 0 spiro atoms. The van der Waals surface area contributed by atoms with Crippen LogP contribution in [0.5, 0.6) is 0 Å². The van der Waals surface area contributed by atoms with Crippen LogP contribution in [-0.2, 0) is 6.42 Å². The largest absolute Gasteiger partial charge is 0.378 e. The molecular formula is C16H16FN. The fraction of sp³-hybridized carbons (Fsp3) is 0.250. The van der Waals surface area contributed by atoms with Crippen molar-refractivity contribution in [2.24, 2.45) is 0 Å². The highest BCUT2D eigenvalue weighted by Gasteiger charge is 2.22. The number of hydrogen-bond donors (Lipinski definition) is 1. The summed E-state index contributed by atoms with van der Waals surface area (Å²) in [7, 11) is 0. The molecule has 2 aromatic rings. The Bertz CT molecular complexity index is 560. The molecule has 1 aliphatic carbocycles. The molecule has 18 heavy (non-hydrogen) atoms. The zero-order valence-corrected chi connectivity index (χ0v) is 10.4. The maximum absolute atomic E-state index is 13.1. The number of benzene rings is 2. The standard InChI is InChI=1S/C16H16FN/c1-11-2-6-14(7-3-11)18-16-9-4-12-10-13(17)5-8-15(12)16/h2-3,5-8,10,16,18H,4,9H2,1H3. The van der Waals surface area contributed by atoms with Gasteiger partial charge in [0.15, 0.2) is 0 Å². The summed E-state index contributed by atoms with van der Waals surface area (Å²) in [5, 5.41) is 3.52. The van der Waals surface area contributed by atoms with Gasteiger partial charge in [-0.3, -0.25) is 0 Å². The van der Waals surface area contributed by atoms with E-state index < -0.39 is 0 Å². The third-order valence-corrected chi connectivity index (χ3v) is 3.58. The van der Waals surface area contributed by atoms with Crippen LogP contribution >= 0.6 is 0 Å². The molecule has 1 atom stereocenters. The average molecular weight is 241 g/mol. The van der Waals surface area contributed by atoms with Crippen molar-refractivity contribution in [3.05, 3.63) is 65.0 Å². The molecule has 0 amide bonds. The summed E-state index contributed by atoms with van der Waals surface area (Å²) < 4.78 is 13.1. The molecule has 1 aliphatic rings. The van der Waals surface area contributed by atoms with Gasteiger partial charge in [0.1, 0.15) is 5.82 Å². The second-order valence-electron chi connectivity index (χ2n) is 4.94. The summed E-state index contributed by atoms with van der Waals surface area (Å²) in [6.45, 7) is 2.08. The summed E-state index contributed by atoms with van der Waals surface area (Å²) in [6.07, 6.45) is 1.99. The maximum atomic E-state index is 13.1. The Morgan fingerprint density at radius 3 is 2.67 bits per heavy atom. The van der Waals surface area contributed by atoms with Gasteiger partial charge in [-0.1, -0.05) is 23.8 Å². The van der Waals surface area contributed by atoms with Crippen molar-refractivity contribution in [3.8, 4) is 0 Å². The van der Waals surface area contributed by atoms with E-state index >= 15 is 0 Å². The molecule has 1 unspecified atom stereocenters. The Hall–Kier alpha value is -1.83. The van der Waals surface area contributed by atoms with Gasteiger partial charge >= 0.3 is 0 Å². The van der Waals surface area contributed by atoms with Gasteiger partial charge in [-0.05, 0) is 55.2 Å². The van der Waals surface area contributed by atoms with Crippen LogP contribution in [-0.4, -0.2) is 0 Å². The third kappa shape index (κ3) is 2.10. The van der Waals surface area contributed by atoms with Crippen molar-refractivity contribution >= 4 is 5.69 Å².